The highest BCUT2D eigenvalue weighted by atomic mass is 15.2. The van der Waals surface area contributed by atoms with Gasteiger partial charge in [-0.05, 0) is 103 Å². The van der Waals surface area contributed by atoms with Crippen LogP contribution < -0.4 is 4.90 Å². The van der Waals surface area contributed by atoms with Crippen LogP contribution in [0, 0.1) is 0 Å². The molecule has 1 aliphatic carbocycles. The van der Waals surface area contributed by atoms with E-state index in [1.54, 1.807) is 0 Å². The van der Waals surface area contributed by atoms with Gasteiger partial charge in [-0.25, -0.2) is 9.97 Å². The van der Waals surface area contributed by atoms with Crippen LogP contribution >= 0.6 is 0 Å². The summed E-state index contributed by atoms with van der Waals surface area (Å²) in [5.41, 5.74) is 20.3. The third kappa shape index (κ3) is 5.84. The van der Waals surface area contributed by atoms with Gasteiger partial charge in [0.15, 0.2) is 5.82 Å². The van der Waals surface area contributed by atoms with Gasteiger partial charge in [-0.3, -0.25) is 0 Å². The van der Waals surface area contributed by atoms with Gasteiger partial charge in [-0.15, -0.1) is 0 Å². The molecule has 0 saturated heterocycles. The molecule has 11 aromatic rings. The number of hydrogen-bond acceptors (Lipinski definition) is 3. The van der Waals surface area contributed by atoms with Gasteiger partial charge in [-0.1, -0.05) is 212 Å². The number of aromatic nitrogens is 2. The average molecular weight is 840 g/mol. The Morgan fingerprint density at radius 2 is 0.788 bits per heavy atom. The minimum atomic E-state index is -0.519. The normalized spacial score (nSPS) is 12.9. The highest BCUT2D eigenvalue weighted by molar-refractivity contribution is 6.05. The Kier molecular flexibility index (Phi) is 8.75. The minimum absolute atomic E-state index is 0.519. The number of anilines is 3. The SMILES string of the molecule is c1ccc(-c2nc(-c3ccc(-c4ccc5c(c4)C4(c6ccccc6-c6ccccc64)c4ccccc4N5c4ccccc4)cc3)cc(-c3ccc(-c4ccccc4)c4ccccc34)n2)cc1. The van der Waals surface area contributed by atoms with Crippen LogP contribution in [0.2, 0.25) is 0 Å². The molecule has 3 nitrogen and oxygen atoms in total. The fraction of sp³-hybridized carbons (Fsp3) is 0.0159. The minimum Gasteiger partial charge on any atom is -0.310 e. The van der Waals surface area contributed by atoms with Gasteiger partial charge >= 0.3 is 0 Å². The maximum Gasteiger partial charge on any atom is 0.160 e. The average Bonchev–Trinajstić information content (AvgIpc) is 3.69. The van der Waals surface area contributed by atoms with Crippen LogP contribution in [-0.2, 0) is 5.41 Å². The Morgan fingerprint density at radius 3 is 1.48 bits per heavy atom. The summed E-state index contributed by atoms with van der Waals surface area (Å²) in [6.07, 6.45) is 0. The molecule has 3 heteroatoms. The van der Waals surface area contributed by atoms with E-state index in [1.807, 2.05) is 18.2 Å². The lowest BCUT2D eigenvalue weighted by Gasteiger charge is -2.45. The van der Waals surface area contributed by atoms with Crippen LogP contribution in [0.4, 0.5) is 17.1 Å². The van der Waals surface area contributed by atoms with E-state index in [1.165, 1.54) is 61.3 Å². The van der Waals surface area contributed by atoms with Crippen molar-refractivity contribution >= 4 is 27.8 Å². The quantitative estimate of drug-likeness (QED) is 0.167. The zero-order valence-electron chi connectivity index (χ0n) is 36.0. The summed E-state index contributed by atoms with van der Waals surface area (Å²) < 4.78 is 0. The van der Waals surface area contributed by atoms with Crippen molar-refractivity contribution in [2.45, 2.75) is 5.41 Å². The lowest BCUT2D eigenvalue weighted by molar-refractivity contribution is 0.753. The van der Waals surface area contributed by atoms with Crippen molar-refractivity contribution in [3.8, 4) is 67.3 Å². The molecule has 0 N–H and O–H groups in total. The van der Waals surface area contributed by atoms with Crippen LogP contribution in [0.3, 0.4) is 0 Å². The van der Waals surface area contributed by atoms with E-state index in [2.05, 4.69) is 235 Å². The molecule has 2 aliphatic rings. The predicted octanol–water partition coefficient (Wildman–Crippen LogP) is 16.1. The van der Waals surface area contributed by atoms with E-state index in [0.717, 1.165) is 50.3 Å². The number of nitrogens with zero attached hydrogens (tertiary/aromatic N) is 3. The Bertz CT molecular complexity index is 3590. The molecule has 1 spiro atoms. The standard InChI is InChI=1S/C63H41N3/c1-4-18-43(19-5-1)48-37-38-53(50-25-11-10-24-49(48)50)59-41-58(64-62(65-59)45-20-6-2-7-21-45)44-34-32-42(33-35-44)46-36-39-61-57(40-46)63(54-28-14-12-26-51(54)52-27-13-15-29-55(52)63)56-30-16-17-31-60(56)66(61)47-22-8-3-9-23-47/h1-41H. The topological polar surface area (TPSA) is 29.0 Å². The number of fused-ring (bicyclic) bond motifs is 10. The first-order chi connectivity index (χ1) is 32.7. The fourth-order valence-corrected chi connectivity index (χ4v) is 10.8. The lowest BCUT2D eigenvalue weighted by Crippen LogP contribution is -2.36. The molecule has 0 atom stereocenters. The highest BCUT2D eigenvalue weighted by Crippen LogP contribution is 2.63. The van der Waals surface area contributed by atoms with E-state index in [0.29, 0.717) is 5.82 Å². The molecule has 0 saturated carbocycles. The first-order valence-electron chi connectivity index (χ1n) is 22.7. The molecule has 0 amide bonds. The van der Waals surface area contributed by atoms with E-state index in [4.69, 9.17) is 9.97 Å². The van der Waals surface area contributed by atoms with Crippen LogP contribution in [0.25, 0.3) is 78.1 Å². The van der Waals surface area contributed by atoms with E-state index in [-0.39, 0.29) is 0 Å². The van der Waals surface area contributed by atoms with Crippen molar-refractivity contribution in [1.29, 1.82) is 0 Å². The Balaban J connectivity index is 0.965. The molecule has 66 heavy (non-hydrogen) atoms. The smallest absolute Gasteiger partial charge is 0.160 e. The lowest BCUT2D eigenvalue weighted by atomic mass is 9.64. The maximum atomic E-state index is 5.25. The molecule has 0 radical (unpaired) electrons. The van der Waals surface area contributed by atoms with Crippen molar-refractivity contribution in [1.82, 2.24) is 9.97 Å². The molecular weight excluding hydrogens is 799 g/mol. The van der Waals surface area contributed by atoms with Crippen LogP contribution in [0.5, 0.6) is 0 Å². The molecule has 1 aromatic heterocycles. The van der Waals surface area contributed by atoms with Crippen molar-refractivity contribution in [2.24, 2.45) is 0 Å². The van der Waals surface area contributed by atoms with Crippen molar-refractivity contribution < 1.29 is 0 Å². The molecule has 10 aromatic carbocycles. The molecule has 0 bridgehead atoms. The second-order valence-corrected chi connectivity index (χ2v) is 17.2. The summed E-state index contributed by atoms with van der Waals surface area (Å²) in [4.78, 5) is 12.9. The summed E-state index contributed by atoms with van der Waals surface area (Å²) in [6, 6.07) is 90.0. The third-order valence-corrected chi connectivity index (χ3v) is 13.7. The zero-order chi connectivity index (χ0) is 43.6. The van der Waals surface area contributed by atoms with Crippen molar-refractivity contribution in [2.75, 3.05) is 4.90 Å². The molecular formula is C63H41N3. The molecule has 0 unspecified atom stereocenters. The van der Waals surface area contributed by atoms with Gasteiger partial charge < -0.3 is 4.90 Å². The van der Waals surface area contributed by atoms with E-state index >= 15 is 0 Å². The number of rotatable bonds is 6. The fourth-order valence-electron chi connectivity index (χ4n) is 10.8. The number of benzene rings is 10. The molecule has 308 valence electrons. The summed E-state index contributed by atoms with van der Waals surface area (Å²) in [5.74, 6) is 0.698. The summed E-state index contributed by atoms with van der Waals surface area (Å²) in [5, 5.41) is 2.35. The first kappa shape index (κ1) is 37.9. The van der Waals surface area contributed by atoms with Gasteiger partial charge in [0.1, 0.15) is 0 Å². The molecule has 2 heterocycles. The summed E-state index contributed by atoms with van der Waals surface area (Å²) in [6.45, 7) is 0. The summed E-state index contributed by atoms with van der Waals surface area (Å²) >= 11 is 0. The molecule has 13 rings (SSSR count). The van der Waals surface area contributed by atoms with Crippen molar-refractivity contribution in [3.05, 3.63) is 271 Å². The summed E-state index contributed by atoms with van der Waals surface area (Å²) in [7, 11) is 0. The Hall–Kier alpha value is -8.66. The largest absolute Gasteiger partial charge is 0.310 e. The van der Waals surface area contributed by atoms with E-state index in [9.17, 15) is 0 Å². The number of para-hydroxylation sites is 2. The van der Waals surface area contributed by atoms with Gasteiger partial charge in [-0.2, -0.15) is 0 Å². The zero-order valence-corrected chi connectivity index (χ0v) is 36.0. The maximum absolute atomic E-state index is 5.25. The second-order valence-electron chi connectivity index (χ2n) is 17.2. The van der Waals surface area contributed by atoms with Crippen LogP contribution in [0.1, 0.15) is 22.3 Å². The van der Waals surface area contributed by atoms with Crippen molar-refractivity contribution in [3.63, 3.8) is 0 Å². The van der Waals surface area contributed by atoms with E-state index < -0.39 is 5.41 Å². The highest BCUT2D eigenvalue weighted by Gasteiger charge is 2.51. The predicted molar refractivity (Wildman–Crippen MR) is 272 cm³/mol. The monoisotopic (exact) mass is 839 g/mol. The Morgan fingerprint density at radius 1 is 0.288 bits per heavy atom. The Labute approximate surface area is 384 Å². The molecule has 0 fully saturated rings. The van der Waals surface area contributed by atoms with Gasteiger partial charge in [0.2, 0.25) is 0 Å². The molecule has 1 aliphatic heterocycles. The second kappa shape index (κ2) is 15.3. The van der Waals surface area contributed by atoms with Gasteiger partial charge in [0.05, 0.1) is 28.2 Å². The van der Waals surface area contributed by atoms with Crippen LogP contribution in [-0.4, -0.2) is 9.97 Å². The van der Waals surface area contributed by atoms with Crippen LogP contribution in [0.15, 0.2) is 249 Å². The van der Waals surface area contributed by atoms with Gasteiger partial charge in [0, 0.05) is 22.4 Å². The number of hydrogen-bond donors (Lipinski definition) is 0. The first-order valence-corrected chi connectivity index (χ1v) is 22.7. The third-order valence-electron chi connectivity index (χ3n) is 13.7. The van der Waals surface area contributed by atoms with Gasteiger partial charge in [0.25, 0.3) is 0 Å².